The third-order valence-corrected chi connectivity index (χ3v) is 2.91. The molecule has 2 nitrogen and oxygen atoms in total. The summed E-state index contributed by atoms with van der Waals surface area (Å²) in [6, 6.07) is 10.6. The van der Waals surface area contributed by atoms with Crippen molar-refractivity contribution in [2.75, 3.05) is 18.0 Å². The van der Waals surface area contributed by atoms with Crippen molar-refractivity contribution in [1.82, 2.24) is 0 Å². The van der Waals surface area contributed by atoms with Gasteiger partial charge in [-0.3, -0.25) is 0 Å². The first-order chi connectivity index (χ1) is 7.40. The van der Waals surface area contributed by atoms with Crippen LogP contribution in [0, 0.1) is 11.3 Å². The van der Waals surface area contributed by atoms with Gasteiger partial charge in [0, 0.05) is 18.8 Å². The third kappa shape index (κ3) is 2.50. The van der Waals surface area contributed by atoms with Gasteiger partial charge < -0.3 is 4.90 Å². The molecule has 0 atom stereocenters. The Labute approximate surface area is 91.1 Å². The SMILES string of the molecule is N#CCc1cccc(N2CCCCC2)c1. The molecule has 0 N–H and O–H groups in total. The number of nitrogens with zero attached hydrogens (tertiary/aromatic N) is 2. The van der Waals surface area contributed by atoms with Crippen LogP contribution in [0.1, 0.15) is 24.8 Å². The molecular weight excluding hydrogens is 184 g/mol. The number of hydrogen-bond acceptors (Lipinski definition) is 2. The highest BCUT2D eigenvalue weighted by molar-refractivity contribution is 5.49. The van der Waals surface area contributed by atoms with Crippen molar-refractivity contribution in [2.45, 2.75) is 25.7 Å². The number of benzene rings is 1. The van der Waals surface area contributed by atoms with Gasteiger partial charge in [0.2, 0.25) is 0 Å². The van der Waals surface area contributed by atoms with Crippen molar-refractivity contribution in [3.8, 4) is 6.07 Å². The maximum Gasteiger partial charge on any atom is 0.0669 e. The van der Waals surface area contributed by atoms with Crippen LogP contribution in [0.25, 0.3) is 0 Å². The normalized spacial score (nSPS) is 16.1. The van der Waals surface area contributed by atoms with Gasteiger partial charge in [-0.25, -0.2) is 0 Å². The van der Waals surface area contributed by atoms with E-state index in [9.17, 15) is 0 Å². The van der Waals surface area contributed by atoms with E-state index in [1.807, 2.05) is 6.07 Å². The Kier molecular flexibility index (Phi) is 3.24. The molecule has 2 rings (SSSR count). The summed E-state index contributed by atoms with van der Waals surface area (Å²) in [6.45, 7) is 2.33. The van der Waals surface area contributed by atoms with Gasteiger partial charge in [0.1, 0.15) is 0 Å². The molecule has 78 valence electrons. The fourth-order valence-electron chi connectivity index (χ4n) is 2.11. The Morgan fingerprint density at radius 3 is 2.73 bits per heavy atom. The predicted molar refractivity (Wildman–Crippen MR) is 61.8 cm³/mol. The molecule has 1 aliphatic heterocycles. The molecule has 1 aromatic rings. The molecule has 0 aliphatic carbocycles. The first-order valence-corrected chi connectivity index (χ1v) is 5.61. The maximum atomic E-state index is 8.66. The average Bonchev–Trinajstić information content (AvgIpc) is 2.31. The fourth-order valence-corrected chi connectivity index (χ4v) is 2.11. The van der Waals surface area contributed by atoms with Crippen molar-refractivity contribution in [3.63, 3.8) is 0 Å². The van der Waals surface area contributed by atoms with Crippen molar-refractivity contribution in [1.29, 1.82) is 5.26 Å². The highest BCUT2D eigenvalue weighted by atomic mass is 15.1. The first-order valence-electron chi connectivity index (χ1n) is 5.61. The van der Waals surface area contributed by atoms with Crippen LogP contribution in [0.2, 0.25) is 0 Å². The van der Waals surface area contributed by atoms with Crippen molar-refractivity contribution in [3.05, 3.63) is 29.8 Å². The molecule has 2 heteroatoms. The molecule has 15 heavy (non-hydrogen) atoms. The minimum absolute atomic E-state index is 0.516. The van der Waals surface area contributed by atoms with Crippen LogP contribution in [-0.4, -0.2) is 13.1 Å². The molecule has 0 aromatic heterocycles. The van der Waals surface area contributed by atoms with E-state index in [0.29, 0.717) is 6.42 Å². The molecule has 0 bridgehead atoms. The molecule has 1 aromatic carbocycles. The third-order valence-electron chi connectivity index (χ3n) is 2.91. The number of rotatable bonds is 2. The molecular formula is C13H16N2. The molecule has 1 aliphatic rings. The highest BCUT2D eigenvalue weighted by Gasteiger charge is 2.10. The summed E-state index contributed by atoms with van der Waals surface area (Å²) in [6.07, 6.45) is 4.46. The van der Waals surface area contributed by atoms with E-state index in [2.05, 4.69) is 29.2 Å². The Bertz CT molecular complexity index is 359. The van der Waals surface area contributed by atoms with Gasteiger partial charge in [-0.2, -0.15) is 5.26 Å². The van der Waals surface area contributed by atoms with E-state index >= 15 is 0 Å². The standard InChI is InChI=1S/C13H16N2/c14-8-7-12-5-4-6-13(11-12)15-9-2-1-3-10-15/h4-6,11H,1-3,7,9-10H2. The van der Waals surface area contributed by atoms with Crippen LogP contribution in [0.4, 0.5) is 5.69 Å². The van der Waals surface area contributed by atoms with E-state index in [0.717, 1.165) is 18.7 Å². The second-order valence-electron chi connectivity index (χ2n) is 4.05. The molecule has 0 unspecified atom stereocenters. The monoisotopic (exact) mass is 200 g/mol. The smallest absolute Gasteiger partial charge is 0.0669 e. The second-order valence-corrected chi connectivity index (χ2v) is 4.05. The number of hydrogen-bond donors (Lipinski definition) is 0. The van der Waals surface area contributed by atoms with Crippen LogP contribution in [0.3, 0.4) is 0 Å². The van der Waals surface area contributed by atoms with Crippen LogP contribution in [-0.2, 0) is 6.42 Å². The Morgan fingerprint density at radius 2 is 2.00 bits per heavy atom. The van der Waals surface area contributed by atoms with Gasteiger partial charge in [-0.15, -0.1) is 0 Å². The molecule has 0 radical (unpaired) electrons. The summed E-state index contributed by atoms with van der Waals surface area (Å²) in [5.74, 6) is 0. The van der Waals surface area contributed by atoms with Gasteiger partial charge in [0.15, 0.2) is 0 Å². The van der Waals surface area contributed by atoms with Gasteiger partial charge in [-0.05, 0) is 37.0 Å². The van der Waals surface area contributed by atoms with Gasteiger partial charge in [-0.1, -0.05) is 12.1 Å². The van der Waals surface area contributed by atoms with Crippen LogP contribution >= 0.6 is 0 Å². The molecule has 1 heterocycles. The van der Waals surface area contributed by atoms with Crippen LogP contribution in [0.5, 0.6) is 0 Å². The van der Waals surface area contributed by atoms with Crippen molar-refractivity contribution < 1.29 is 0 Å². The average molecular weight is 200 g/mol. The fraction of sp³-hybridized carbons (Fsp3) is 0.462. The lowest BCUT2D eigenvalue weighted by molar-refractivity contribution is 0.578. The zero-order chi connectivity index (χ0) is 10.5. The van der Waals surface area contributed by atoms with E-state index in [1.54, 1.807) is 0 Å². The summed E-state index contributed by atoms with van der Waals surface area (Å²) < 4.78 is 0. The summed E-state index contributed by atoms with van der Waals surface area (Å²) in [5.41, 5.74) is 2.41. The summed E-state index contributed by atoms with van der Waals surface area (Å²) in [7, 11) is 0. The molecule has 1 fully saturated rings. The van der Waals surface area contributed by atoms with Crippen LogP contribution in [0.15, 0.2) is 24.3 Å². The predicted octanol–water partition coefficient (Wildman–Crippen LogP) is 2.74. The first kappa shape index (κ1) is 10.0. The number of nitriles is 1. The lowest BCUT2D eigenvalue weighted by Gasteiger charge is -2.29. The van der Waals surface area contributed by atoms with Crippen molar-refractivity contribution in [2.24, 2.45) is 0 Å². The molecule has 0 saturated carbocycles. The van der Waals surface area contributed by atoms with E-state index in [-0.39, 0.29) is 0 Å². The van der Waals surface area contributed by atoms with E-state index in [1.165, 1.54) is 24.9 Å². The minimum Gasteiger partial charge on any atom is -0.372 e. The zero-order valence-corrected chi connectivity index (χ0v) is 8.95. The van der Waals surface area contributed by atoms with Gasteiger partial charge >= 0.3 is 0 Å². The Morgan fingerprint density at radius 1 is 1.20 bits per heavy atom. The lowest BCUT2D eigenvalue weighted by Crippen LogP contribution is -2.29. The lowest BCUT2D eigenvalue weighted by atomic mass is 10.1. The number of anilines is 1. The molecule has 0 amide bonds. The van der Waals surface area contributed by atoms with E-state index in [4.69, 9.17) is 5.26 Å². The summed E-state index contributed by atoms with van der Waals surface area (Å²) >= 11 is 0. The van der Waals surface area contributed by atoms with Crippen molar-refractivity contribution >= 4 is 5.69 Å². The summed E-state index contributed by atoms with van der Waals surface area (Å²) in [4.78, 5) is 2.42. The largest absolute Gasteiger partial charge is 0.372 e. The molecule has 0 spiro atoms. The highest BCUT2D eigenvalue weighted by Crippen LogP contribution is 2.20. The number of piperidine rings is 1. The van der Waals surface area contributed by atoms with Crippen LogP contribution < -0.4 is 4.90 Å². The second kappa shape index (κ2) is 4.84. The van der Waals surface area contributed by atoms with Gasteiger partial charge in [0.25, 0.3) is 0 Å². The topological polar surface area (TPSA) is 27.0 Å². The quantitative estimate of drug-likeness (QED) is 0.734. The maximum absolute atomic E-state index is 8.66. The van der Waals surface area contributed by atoms with Gasteiger partial charge in [0.05, 0.1) is 12.5 Å². The summed E-state index contributed by atoms with van der Waals surface area (Å²) in [5, 5.41) is 8.66. The zero-order valence-electron chi connectivity index (χ0n) is 8.95. The Balaban J connectivity index is 2.13. The Hall–Kier alpha value is -1.49. The minimum atomic E-state index is 0.516. The molecule has 1 saturated heterocycles. The van der Waals surface area contributed by atoms with E-state index < -0.39 is 0 Å².